The molecule has 0 fully saturated rings. The van der Waals surface area contributed by atoms with Crippen LogP contribution in [0.3, 0.4) is 0 Å². The highest BCUT2D eigenvalue weighted by molar-refractivity contribution is 9.10. The Bertz CT molecular complexity index is 422. The molecule has 1 aliphatic rings. The third-order valence-electron chi connectivity index (χ3n) is 3.32. The molecule has 5 heteroatoms. The molecule has 0 spiro atoms. The Balaban J connectivity index is 1.82. The molecule has 0 aliphatic carbocycles. The molecule has 4 nitrogen and oxygen atoms in total. The van der Waals surface area contributed by atoms with Gasteiger partial charge in [-0.05, 0) is 46.7 Å². The monoisotopic (exact) mass is 328 g/mol. The van der Waals surface area contributed by atoms with E-state index in [2.05, 4.69) is 46.1 Å². The van der Waals surface area contributed by atoms with Crippen LogP contribution in [0.2, 0.25) is 0 Å². The van der Waals surface area contributed by atoms with E-state index in [1.165, 1.54) is 5.56 Å². The first-order chi connectivity index (χ1) is 9.24. The van der Waals surface area contributed by atoms with Gasteiger partial charge in [0, 0.05) is 19.6 Å². The molecular weight excluding hydrogens is 308 g/mol. The second-order valence-electron chi connectivity index (χ2n) is 4.52. The van der Waals surface area contributed by atoms with Crippen molar-refractivity contribution in [2.75, 3.05) is 33.0 Å². The molecule has 2 rings (SSSR count). The van der Waals surface area contributed by atoms with Gasteiger partial charge in [-0.15, -0.1) is 0 Å². The van der Waals surface area contributed by atoms with Crippen LogP contribution in [0, 0.1) is 0 Å². The average molecular weight is 329 g/mol. The Hall–Kier alpha value is -0.780. The number of fused-ring (bicyclic) bond motifs is 1. The number of hydrogen-bond donors (Lipinski definition) is 1. The standard InChI is InChI=1S/C14H21BrN2O2/c1-3-17(4-2)6-5-16-9-11-7-12(15)14-13(8-11)18-10-19-14/h7-8,16H,3-6,9-10H2,1-2H3. The molecule has 0 atom stereocenters. The van der Waals surface area contributed by atoms with Gasteiger partial charge in [0.1, 0.15) is 0 Å². The summed E-state index contributed by atoms with van der Waals surface area (Å²) in [6.45, 7) is 9.83. The number of likely N-dealkylation sites (N-methyl/N-ethyl adjacent to an activating group) is 1. The summed E-state index contributed by atoms with van der Waals surface area (Å²) < 4.78 is 11.7. The van der Waals surface area contributed by atoms with E-state index in [1.807, 2.05) is 6.07 Å². The number of ether oxygens (including phenoxy) is 2. The average Bonchev–Trinajstić information content (AvgIpc) is 2.88. The van der Waals surface area contributed by atoms with Crippen LogP contribution in [-0.2, 0) is 6.54 Å². The molecule has 1 aromatic carbocycles. The molecule has 1 aliphatic heterocycles. The summed E-state index contributed by atoms with van der Waals surface area (Å²) in [5, 5.41) is 3.46. The van der Waals surface area contributed by atoms with Gasteiger partial charge < -0.3 is 19.7 Å². The van der Waals surface area contributed by atoms with Crippen LogP contribution in [0.5, 0.6) is 11.5 Å². The van der Waals surface area contributed by atoms with E-state index in [9.17, 15) is 0 Å². The van der Waals surface area contributed by atoms with Gasteiger partial charge in [-0.1, -0.05) is 13.8 Å². The molecule has 1 heterocycles. The van der Waals surface area contributed by atoms with Gasteiger partial charge in [0.15, 0.2) is 11.5 Å². The van der Waals surface area contributed by atoms with Crippen LogP contribution in [0.1, 0.15) is 19.4 Å². The Morgan fingerprint density at radius 3 is 2.79 bits per heavy atom. The van der Waals surface area contributed by atoms with Gasteiger partial charge in [0.25, 0.3) is 0 Å². The van der Waals surface area contributed by atoms with Crippen molar-refractivity contribution in [3.63, 3.8) is 0 Å². The van der Waals surface area contributed by atoms with Crippen molar-refractivity contribution in [3.05, 3.63) is 22.2 Å². The van der Waals surface area contributed by atoms with E-state index in [0.717, 1.165) is 48.7 Å². The quantitative estimate of drug-likeness (QED) is 0.780. The maximum Gasteiger partial charge on any atom is 0.231 e. The summed E-state index contributed by atoms with van der Waals surface area (Å²) in [4.78, 5) is 2.41. The molecule has 0 saturated carbocycles. The topological polar surface area (TPSA) is 33.7 Å². The fourth-order valence-corrected chi connectivity index (χ4v) is 2.74. The van der Waals surface area contributed by atoms with Crippen molar-refractivity contribution in [1.82, 2.24) is 10.2 Å². The van der Waals surface area contributed by atoms with Crippen LogP contribution < -0.4 is 14.8 Å². The van der Waals surface area contributed by atoms with E-state index in [-0.39, 0.29) is 0 Å². The van der Waals surface area contributed by atoms with Gasteiger partial charge in [-0.3, -0.25) is 0 Å². The van der Waals surface area contributed by atoms with E-state index in [4.69, 9.17) is 9.47 Å². The van der Waals surface area contributed by atoms with Crippen LogP contribution in [0.15, 0.2) is 16.6 Å². The summed E-state index contributed by atoms with van der Waals surface area (Å²) in [6.07, 6.45) is 0. The van der Waals surface area contributed by atoms with E-state index < -0.39 is 0 Å². The van der Waals surface area contributed by atoms with Crippen molar-refractivity contribution in [1.29, 1.82) is 0 Å². The minimum Gasteiger partial charge on any atom is -0.454 e. The highest BCUT2D eigenvalue weighted by Gasteiger charge is 2.17. The third-order valence-corrected chi connectivity index (χ3v) is 3.90. The van der Waals surface area contributed by atoms with Crippen molar-refractivity contribution >= 4 is 15.9 Å². The van der Waals surface area contributed by atoms with Gasteiger partial charge in [0.2, 0.25) is 6.79 Å². The Morgan fingerprint density at radius 1 is 1.26 bits per heavy atom. The van der Waals surface area contributed by atoms with Gasteiger partial charge in [-0.25, -0.2) is 0 Å². The number of nitrogens with zero attached hydrogens (tertiary/aromatic N) is 1. The minimum absolute atomic E-state index is 0.312. The molecule has 0 unspecified atom stereocenters. The van der Waals surface area contributed by atoms with Crippen LogP contribution in [0.25, 0.3) is 0 Å². The van der Waals surface area contributed by atoms with Crippen molar-refractivity contribution in [3.8, 4) is 11.5 Å². The first-order valence-electron chi connectivity index (χ1n) is 6.75. The van der Waals surface area contributed by atoms with E-state index >= 15 is 0 Å². The molecule has 1 N–H and O–H groups in total. The molecule has 19 heavy (non-hydrogen) atoms. The SMILES string of the molecule is CCN(CC)CCNCc1cc(Br)c2c(c1)OCO2. The highest BCUT2D eigenvalue weighted by atomic mass is 79.9. The lowest BCUT2D eigenvalue weighted by molar-refractivity contribution is 0.173. The Morgan fingerprint density at radius 2 is 2.05 bits per heavy atom. The normalized spacial score (nSPS) is 13.3. The third kappa shape index (κ3) is 3.84. The number of nitrogens with one attached hydrogen (secondary N) is 1. The number of hydrogen-bond acceptors (Lipinski definition) is 4. The number of halogens is 1. The van der Waals surface area contributed by atoms with Crippen LogP contribution in [0.4, 0.5) is 0 Å². The lowest BCUT2D eigenvalue weighted by Crippen LogP contribution is -2.31. The molecule has 0 saturated heterocycles. The highest BCUT2D eigenvalue weighted by Crippen LogP contribution is 2.39. The summed E-state index contributed by atoms with van der Waals surface area (Å²) in [5.41, 5.74) is 1.20. The molecule has 0 bridgehead atoms. The summed E-state index contributed by atoms with van der Waals surface area (Å²) in [5.74, 6) is 1.64. The number of rotatable bonds is 7. The zero-order valence-electron chi connectivity index (χ0n) is 11.5. The van der Waals surface area contributed by atoms with E-state index in [1.54, 1.807) is 0 Å². The molecule has 0 amide bonds. The molecule has 0 radical (unpaired) electrons. The second kappa shape index (κ2) is 7.12. The zero-order chi connectivity index (χ0) is 13.7. The lowest BCUT2D eigenvalue weighted by atomic mass is 10.2. The van der Waals surface area contributed by atoms with Crippen LogP contribution in [-0.4, -0.2) is 37.9 Å². The Labute approximate surface area is 123 Å². The minimum atomic E-state index is 0.312. The first-order valence-corrected chi connectivity index (χ1v) is 7.55. The maximum atomic E-state index is 5.41. The summed E-state index contributed by atoms with van der Waals surface area (Å²) in [7, 11) is 0. The lowest BCUT2D eigenvalue weighted by Gasteiger charge is -2.18. The smallest absolute Gasteiger partial charge is 0.231 e. The fourth-order valence-electron chi connectivity index (χ4n) is 2.13. The second-order valence-corrected chi connectivity index (χ2v) is 5.37. The number of benzene rings is 1. The predicted octanol–water partition coefficient (Wildman–Crippen LogP) is 2.61. The zero-order valence-corrected chi connectivity index (χ0v) is 13.1. The van der Waals surface area contributed by atoms with Crippen LogP contribution >= 0.6 is 15.9 Å². The van der Waals surface area contributed by atoms with Crippen molar-refractivity contribution in [2.45, 2.75) is 20.4 Å². The predicted molar refractivity (Wildman–Crippen MR) is 79.8 cm³/mol. The summed E-state index contributed by atoms with van der Waals surface area (Å²) >= 11 is 3.51. The van der Waals surface area contributed by atoms with E-state index in [0.29, 0.717) is 6.79 Å². The van der Waals surface area contributed by atoms with Gasteiger partial charge in [0.05, 0.1) is 4.47 Å². The molecule has 106 valence electrons. The Kier molecular flexibility index (Phi) is 5.48. The fraction of sp³-hybridized carbons (Fsp3) is 0.571. The first kappa shape index (κ1) is 14.6. The van der Waals surface area contributed by atoms with Gasteiger partial charge >= 0.3 is 0 Å². The van der Waals surface area contributed by atoms with Gasteiger partial charge in [-0.2, -0.15) is 0 Å². The largest absolute Gasteiger partial charge is 0.454 e. The molecular formula is C14H21BrN2O2. The summed E-state index contributed by atoms with van der Waals surface area (Å²) in [6, 6.07) is 4.12. The molecule has 1 aromatic rings. The van der Waals surface area contributed by atoms with Crippen molar-refractivity contribution < 1.29 is 9.47 Å². The molecule has 0 aromatic heterocycles. The van der Waals surface area contributed by atoms with Crippen molar-refractivity contribution in [2.24, 2.45) is 0 Å². The maximum absolute atomic E-state index is 5.41.